The largest absolute Gasteiger partial charge is 0.314 e. The second kappa shape index (κ2) is 8.13. The number of nitrogens with zero attached hydrogens (tertiary/aromatic N) is 2. The highest BCUT2D eigenvalue weighted by molar-refractivity contribution is 4.71. The van der Waals surface area contributed by atoms with E-state index in [9.17, 15) is 0 Å². The van der Waals surface area contributed by atoms with Crippen LogP contribution >= 0.6 is 0 Å². The van der Waals surface area contributed by atoms with Crippen molar-refractivity contribution in [2.24, 2.45) is 5.92 Å². The highest BCUT2D eigenvalue weighted by Gasteiger charge is 2.17. The molecule has 1 aliphatic heterocycles. The maximum atomic E-state index is 3.41. The van der Waals surface area contributed by atoms with Crippen LogP contribution in [0.25, 0.3) is 0 Å². The highest BCUT2D eigenvalue weighted by Crippen LogP contribution is 2.29. The molecular weight excluding hydrogens is 222 g/mol. The van der Waals surface area contributed by atoms with Crippen molar-refractivity contribution in [1.29, 1.82) is 0 Å². The van der Waals surface area contributed by atoms with Gasteiger partial charge >= 0.3 is 0 Å². The van der Waals surface area contributed by atoms with Gasteiger partial charge < -0.3 is 15.1 Å². The zero-order valence-corrected chi connectivity index (χ0v) is 12.2. The molecule has 1 N–H and O–H groups in total. The van der Waals surface area contributed by atoms with E-state index in [2.05, 4.69) is 22.2 Å². The predicted octanol–water partition coefficient (Wildman–Crippen LogP) is 1.79. The molecule has 0 bridgehead atoms. The summed E-state index contributed by atoms with van der Waals surface area (Å²) in [4.78, 5) is 5.14. The monoisotopic (exact) mass is 253 g/mol. The Morgan fingerprint density at radius 1 is 1.11 bits per heavy atom. The molecule has 2 rings (SSSR count). The minimum atomic E-state index is 1.06. The van der Waals surface area contributed by atoms with Crippen LogP contribution < -0.4 is 5.32 Å². The fraction of sp³-hybridized carbons (Fsp3) is 1.00. The van der Waals surface area contributed by atoms with Crippen LogP contribution in [0, 0.1) is 5.92 Å². The van der Waals surface area contributed by atoms with E-state index in [4.69, 9.17) is 0 Å². The fourth-order valence-electron chi connectivity index (χ4n) is 2.95. The zero-order chi connectivity index (χ0) is 12.6. The van der Waals surface area contributed by atoms with Crippen LogP contribution in [-0.2, 0) is 0 Å². The van der Waals surface area contributed by atoms with E-state index in [1.807, 2.05) is 0 Å². The Labute approximate surface area is 113 Å². The average Bonchev–Trinajstić information content (AvgIpc) is 2.34. The Morgan fingerprint density at radius 3 is 2.56 bits per heavy atom. The lowest BCUT2D eigenvalue weighted by Crippen LogP contribution is -2.43. The van der Waals surface area contributed by atoms with E-state index in [-0.39, 0.29) is 0 Å². The molecule has 0 atom stereocenters. The van der Waals surface area contributed by atoms with Crippen LogP contribution in [0.1, 0.15) is 38.5 Å². The second-order valence-corrected chi connectivity index (χ2v) is 6.19. The minimum absolute atomic E-state index is 1.06. The minimum Gasteiger partial charge on any atom is -0.314 e. The van der Waals surface area contributed by atoms with Gasteiger partial charge in [0.2, 0.25) is 0 Å². The van der Waals surface area contributed by atoms with Gasteiger partial charge in [-0.15, -0.1) is 0 Å². The van der Waals surface area contributed by atoms with Gasteiger partial charge in [0.15, 0.2) is 0 Å². The molecule has 1 aliphatic carbocycles. The molecule has 0 aromatic heterocycles. The molecule has 1 saturated carbocycles. The molecule has 1 saturated heterocycles. The van der Waals surface area contributed by atoms with E-state index in [0.29, 0.717) is 0 Å². The van der Waals surface area contributed by atoms with Crippen molar-refractivity contribution in [3.05, 3.63) is 0 Å². The molecule has 2 aliphatic rings. The van der Waals surface area contributed by atoms with E-state index in [1.165, 1.54) is 84.3 Å². The summed E-state index contributed by atoms with van der Waals surface area (Å²) in [5.41, 5.74) is 0. The van der Waals surface area contributed by atoms with Crippen LogP contribution in [0.4, 0.5) is 0 Å². The molecule has 0 aromatic rings. The molecule has 3 heteroatoms. The molecule has 0 aromatic carbocycles. The van der Waals surface area contributed by atoms with Gasteiger partial charge in [-0.25, -0.2) is 0 Å². The third kappa shape index (κ3) is 5.25. The maximum absolute atomic E-state index is 3.41. The SMILES string of the molecule is CN(CCCCN1CCNCC1)CCC1CCC1. The summed E-state index contributed by atoms with van der Waals surface area (Å²) in [5.74, 6) is 1.06. The van der Waals surface area contributed by atoms with Crippen molar-refractivity contribution in [3.63, 3.8) is 0 Å². The first kappa shape index (κ1) is 14.3. The number of rotatable bonds is 8. The first-order valence-corrected chi connectivity index (χ1v) is 7.96. The van der Waals surface area contributed by atoms with Gasteiger partial charge in [-0.05, 0) is 51.9 Å². The predicted molar refractivity (Wildman–Crippen MR) is 78.0 cm³/mol. The topological polar surface area (TPSA) is 18.5 Å². The van der Waals surface area contributed by atoms with Gasteiger partial charge in [-0.3, -0.25) is 0 Å². The van der Waals surface area contributed by atoms with E-state index in [1.54, 1.807) is 0 Å². The fourth-order valence-corrected chi connectivity index (χ4v) is 2.95. The summed E-state index contributed by atoms with van der Waals surface area (Å²) in [6, 6.07) is 0. The number of nitrogens with one attached hydrogen (secondary N) is 1. The van der Waals surface area contributed by atoms with Gasteiger partial charge in [0, 0.05) is 26.2 Å². The Balaban J connectivity index is 1.41. The Hall–Kier alpha value is -0.120. The number of hydrogen-bond donors (Lipinski definition) is 1. The summed E-state index contributed by atoms with van der Waals surface area (Å²) in [6.45, 7) is 8.77. The molecule has 0 amide bonds. The molecule has 0 radical (unpaired) electrons. The van der Waals surface area contributed by atoms with Crippen LogP contribution in [0.5, 0.6) is 0 Å². The van der Waals surface area contributed by atoms with Crippen molar-refractivity contribution >= 4 is 0 Å². The summed E-state index contributed by atoms with van der Waals surface area (Å²) in [7, 11) is 2.30. The average molecular weight is 253 g/mol. The van der Waals surface area contributed by atoms with Gasteiger partial charge in [0.05, 0.1) is 0 Å². The molecule has 3 nitrogen and oxygen atoms in total. The lowest BCUT2D eigenvalue weighted by atomic mass is 9.83. The van der Waals surface area contributed by atoms with Crippen molar-refractivity contribution in [1.82, 2.24) is 15.1 Å². The maximum Gasteiger partial charge on any atom is 0.0107 e. The molecule has 0 spiro atoms. The van der Waals surface area contributed by atoms with Crippen LogP contribution in [0.2, 0.25) is 0 Å². The van der Waals surface area contributed by atoms with Crippen molar-refractivity contribution in [2.45, 2.75) is 38.5 Å². The molecule has 106 valence electrons. The Kier molecular flexibility index (Phi) is 6.46. The van der Waals surface area contributed by atoms with Crippen LogP contribution in [-0.4, -0.2) is 62.7 Å². The lowest BCUT2D eigenvalue weighted by Gasteiger charge is -2.28. The van der Waals surface area contributed by atoms with Crippen LogP contribution in [0.3, 0.4) is 0 Å². The normalized spacial score (nSPS) is 22.3. The third-order valence-corrected chi connectivity index (χ3v) is 4.62. The number of unbranched alkanes of at least 4 members (excludes halogenated alkanes) is 1. The summed E-state index contributed by atoms with van der Waals surface area (Å²) in [5, 5.41) is 3.41. The van der Waals surface area contributed by atoms with Crippen molar-refractivity contribution < 1.29 is 0 Å². The molecule has 0 unspecified atom stereocenters. The lowest BCUT2D eigenvalue weighted by molar-refractivity contribution is 0.219. The van der Waals surface area contributed by atoms with Crippen LogP contribution in [0.15, 0.2) is 0 Å². The smallest absolute Gasteiger partial charge is 0.0107 e. The van der Waals surface area contributed by atoms with Crippen molar-refractivity contribution in [3.8, 4) is 0 Å². The van der Waals surface area contributed by atoms with E-state index < -0.39 is 0 Å². The van der Waals surface area contributed by atoms with Gasteiger partial charge in [0.25, 0.3) is 0 Å². The molecule has 18 heavy (non-hydrogen) atoms. The number of piperazine rings is 1. The molecular formula is C15H31N3. The zero-order valence-electron chi connectivity index (χ0n) is 12.2. The first-order valence-electron chi connectivity index (χ1n) is 7.96. The van der Waals surface area contributed by atoms with Gasteiger partial charge in [0.1, 0.15) is 0 Å². The summed E-state index contributed by atoms with van der Waals surface area (Å²) in [6.07, 6.45) is 8.65. The quantitative estimate of drug-likeness (QED) is 0.665. The van der Waals surface area contributed by atoms with Crippen molar-refractivity contribution in [2.75, 3.05) is 52.9 Å². The summed E-state index contributed by atoms with van der Waals surface area (Å²) < 4.78 is 0. The van der Waals surface area contributed by atoms with E-state index >= 15 is 0 Å². The third-order valence-electron chi connectivity index (χ3n) is 4.62. The van der Waals surface area contributed by atoms with E-state index in [0.717, 1.165) is 5.92 Å². The summed E-state index contributed by atoms with van der Waals surface area (Å²) >= 11 is 0. The Morgan fingerprint density at radius 2 is 1.89 bits per heavy atom. The number of hydrogen-bond acceptors (Lipinski definition) is 3. The highest BCUT2D eigenvalue weighted by atomic mass is 15.2. The second-order valence-electron chi connectivity index (χ2n) is 6.19. The Bertz CT molecular complexity index is 210. The molecule has 2 fully saturated rings. The van der Waals surface area contributed by atoms with Gasteiger partial charge in [-0.2, -0.15) is 0 Å². The standard InChI is InChI=1S/C15H31N3/c1-17(12-7-15-5-4-6-15)10-2-3-11-18-13-8-16-9-14-18/h15-16H,2-14H2,1H3. The molecule has 1 heterocycles. The first-order chi connectivity index (χ1) is 8.84. The van der Waals surface area contributed by atoms with Gasteiger partial charge in [-0.1, -0.05) is 19.3 Å².